The van der Waals surface area contributed by atoms with Gasteiger partial charge in [0.15, 0.2) is 0 Å². The molecule has 41 heavy (non-hydrogen) atoms. The third kappa shape index (κ3) is 5.68. The number of piperazine rings is 1. The average Bonchev–Trinajstić information content (AvgIpc) is 3.53. The van der Waals surface area contributed by atoms with E-state index in [0.717, 1.165) is 5.56 Å². The number of aliphatic hydroxyl groups is 1. The Hall–Kier alpha value is -3.47. The molecule has 3 heterocycles. The maximum Gasteiger partial charge on any atom is 0.295 e. The zero-order valence-electron chi connectivity index (χ0n) is 23.7. The molecule has 1 N–H and O–H groups in total. The van der Waals surface area contributed by atoms with E-state index in [2.05, 4.69) is 11.8 Å². The number of halogens is 2. The van der Waals surface area contributed by atoms with E-state index in [1.54, 1.807) is 59.1 Å². The number of hydrogen-bond donors (Lipinski definition) is 1. The Bertz CT molecular complexity index is 1490. The van der Waals surface area contributed by atoms with Crippen molar-refractivity contribution in [3.8, 4) is 0 Å². The topological polar surface area (TPSA) is 89.3 Å². The molecule has 2 amide bonds. The first-order valence-electron chi connectivity index (χ1n) is 13.8. The van der Waals surface area contributed by atoms with Gasteiger partial charge in [0.2, 0.25) is 0 Å². The fraction of sp³-hybridized carbons (Fsp3) is 0.433. The average molecular weight is 584 g/mol. The number of carbonyl (C=O) groups excluding carboxylic acids is 3. The van der Waals surface area contributed by atoms with E-state index in [0.29, 0.717) is 43.5 Å². The highest BCUT2D eigenvalue weighted by Gasteiger charge is 2.35. The van der Waals surface area contributed by atoms with Crippen LogP contribution in [0.2, 0.25) is 5.02 Å². The van der Waals surface area contributed by atoms with Crippen LogP contribution in [0.4, 0.5) is 4.39 Å². The lowest BCUT2D eigenvalue weighted by Gasteiger charge is -2.44. The van der Waals surface area contributed by atoms with Crippen LogP contribution in [0.3, 0.4) is 0 Å². The summed E-state index contributed by atoms with van der Waals surface area (Å²) in [5.41, 5.74) is 2.04. The van der Waals surface area contributed by atoms with E-state index in [9.17, 15) is 23.9 Å². The van der Waals surface area contributed by atoms with Gasteiger partial charge in [-0.1, -0.05) is 23.7 Å². The van der Waals surface area contributed by atoms with Crippen molar-refractivity contribution < 1.29 is 23.9 Å². The standard InChI is InChI=1S/C30H35ClFN5O4/c1-18-14-36(19(2)13-35(18)15-20-5-7-21(32)8-6-20)29(40)24-11-23-25(17-37(33(3)4)27(23)12-26(24)31)28(39)30(41)34-10-9-22(38)16-34/h5-8,11-12,17-19,22,38H,9-10,13-16H2,1-4H3/t18-,19+,22+/m0/s1. The van der Waals surface area contributed by atoms with Crippen molar-refractivity contribution in [3.05, 3.63) is 70.1 Å². The number of aliphatic hydroxyl groups excluding tert-OH is 1. The molecule has 3 atom stereocenters. The Balaban J connectivity index is 1.43. The van der Waals surface area contributed by atoms with Crippen LogP contribution in [0.25, 0.3) is 10.9 Å². The zero-order chi connectivity index (χ0) is 29.6. The quantitative estimate of drug-likeness (QED) is 0.354. The Morgan fingerprint density at radius 2 is 1.73 bits per heavy atom. The molecular formula is C30H35ClFN5O4. The Labute approximate surface area is 243 Å². The molecule has 5 rings (SSSR count). The van der Waals surface area contributed by atoms with Gasteiger partial charge in [0.05, 0.1) is 27.8 Å². The Morgan fingerprint density at radius 3 is 2.37 bits per heavy atom. The van der Waals surface area contributed by atoms with E-state index >= 15 is 0 Å². The van der Waals surface area contributed by atoms with E-state index in [1.807, 2.05) is 6.92 Å². The van der Waals surface area contributed by atoms with Gasteiger partial charge in [-0.3, -0.25) is 24.0 Å². The predicted molar refractivity (Wildman–Crippen MR) is 155 cm³/mol. The summed E-state index contributed by atoms with van der Waals surface area (Å²) >= 11 is 6.69. The molecule has 0 aliphatic carbocycles. The first-order chi connectivity index (χ1) is 19.4. The normalized spacial score (nSPS) is 21.5. The molecule has 11 heteroatoms. The highest BCUT2D eigenvalue weighted by atomic mass is 35.5. The molecule has 0 bridgehead atoms. The second-order valence-corrected chi connectivity index (χ2v) is 11.7. The van der Waals surface area contributed by atoms with Crippen molar-refractivity contribution in [1.82, 2.24) is 19.4 Å². The second-order valence-electron chi connectivity index (χ2n) is 11.3. The van der Waals surface area contributed by atoms with Gasteiger partial charge < -0.3 is 19.9 Å². The lowest BCUT2D eigenvalue weighted by molar-refractivity contribution is -0.125. The molecule has 2 aromatic carbocycles. The van der Waals surface area contributed by atoms with Crippen molar-refractivity contribution in [2.75, 3.05) is 45.3 Å². The minimum Gasteiger partial charge on any atom is -0.391 e. The summed E-state index contributed by atoms with van der Waals surface area (Å²) in [6, 6.07) is 9.64. The molecule has 0 unspecified atom stereocenters. The summed E-state index contributed by atoms with van der Waals surface area (Å²) in [5, 5.41) is 12.3. The van der Waals surface area contributed by atoms with Gasteiger partial charge in [-0.2, -0.15) is 0 Å². The number of likely N-dealkylation sites (tertiary alicyclic amines) is 1. The number of amides is 2. The fourth-order valence-electron chi connectivity index (χ4n) is 5.77. The van der Waals surface area contributed by atoms with E-state index in [4.69, 9.17) is 11.6 Å². The molecule has 0 saturated carbocycles. The number of β-amino-alcohol motifs (C(OH)–C–C–N with tert-alkyl or cyclic N) is 1. The number of nitrogens with zero attached hydrogens (tertiary/aromatic N) is 5. The van der Waals surface area contributed by atoms with Crippen LogP contribution >= 0.6 is 11.6 Å². The number of carbonyl (C=O) groups is 3. The maximum atomic E-state index is 13.9. The van der Waals surface area contributed by atoms with Gasteiger partial charge in [-0.05, 0) is 50.1 Å². The van der Waals surface area contributed by atoms with Crippen LogP contribution in [-0.4, -0.2) is 101 Å². The summed E-state index contributed by atoms with van der Waals surface area (Å²) in [6.45, 7) is 6.21. The lowest BCUT2D eigenvalue weighted by Crippen LogP contribution is -2.57. The molecule has 9 nitrogen and oxygen atoms in total. The maximum absolute atomic E-state index is 13.9. The molecule has 2 aliphatic rings. The first-order valence-corrected chi connectivity index (χ1v) is 14.2. The number of hydrogen-bond acceptors (Lipinski definition) is 6. The van der Waals surface area contributed by atoms with Crippen LogP contribution < -0.4 is 5.01 Å². The molecule has 1 aromatic heterocycles. The van der Waals surface area contributed by atoms with E-state index in [-0.39, 0.29) is 46.5 Å². The first kappa shape index (κ1) is 29.0. The zero-order valence-corrected chi connectivity index (χ0v) is 24.4. The van der Waals surface area contributed by atoms with Gasteiger partial charge >= 0.3 is 0 Å². The van der Waals surface area contributed by atoms with Crippen molar-refractivity contribution in [3.63, 3.8) is 0 Å². The lowest BCUT2D eigenvalue weighted by atomic mass is 10.0. The van der Waals surface area contributed by atoms with Crippen LogP contribution in [0.5, 0.6) is 0 Å². The summed E-state index contributed by atoms with van der Waals surface area (Å²) in [5.74, 6) is -1.89. The van der Waals surface area contributed by atoms with Gasteiger partial charge in [-0.25, -0.2) is 4.39 Å². The van der Waals surface area contributed by atoms with Gasteiger partial charge in [0.1, 0.15) is 5.82 Å². The molecule has 2 aliphatic heterocycles. The van der Waals surface area contributed by atoms with Gasteiger partial charge in [0, 0.05) is 70.5 Å². The van der Waals surface area contributed by atoms with Crippen molar-refractivity contribution in [1.29, 1.82) is 0 Å². The SMILES string of the molecule is C[C@@H]1CN(Cc2ccc(F)cc2)[C@@H](C)CN1C(=O)c1cc2c(C(=O)C(=O)N3CC[C@@H](O)C3)cn(N(C)C)c2cc1Cl. The number of fused-ring (bicyclic) bond motifs is 1. The summed E-state index contributed by atoms with van der Waals surface area (Å²) in [4.78, 5) is 45.7. The highest BCUT2D eigenvalue weighted by molar-refractivity contribution is 6.45. The molecule has 0 radical (unpaired) electrons. The Morgan fingerprint density at radius 1 is 1.02 bits per heavy atom. The smallest absolute Gasteiger partial charge is 0.295 e. The third-order valence-electron chi connectivity index (χ3n) is 8.10. The number of benzene rings is 2. The summed E-state index contributed by atoms with van der Waals surface area (Å²) < 4.78 is 15.1. The van der Waals surface area contributed by atoms with Crippen LogP contribution in [0, 0.1) is 5.82 Å². The molecule has 2 fully saturated rings. The number of rotatable bonds is 6. The molecule has 0 spiro atoms. The minimum absolute atomic E-state index is 0.0445. The molecule has 3 aromatic rings. The Kier molecular flexibility index (Phi) is 8.09. The van der Waals surface area contributed by atoms with Crippen LogP contribution in [0.15, 0.2) is 42.6 Å². The minimum atomic E-state index is -0.693. The summed E-state index contributed by atoms with van der Waals surface area (Å²) in [7, 11) is 3.60. The van der Waals surface area contributed by atoms with E-state index < -0.39 is 17.8 Å². The predicted octanol–water partition coefficient (Wildman–Crippen LogP) is 3.14. The second kappa shape index (κ2) is 11.4. The number of aromatic nitrogens is 1. The van der Waals surface area contributed by atoms with Crippen LogP contribution in [-0.2, 0) is 11.3 Å². The third-order valence-corrected chi connectivity index (χ3v) is 8.41. The monoisotopic (exact) mass is 583 g/mol. The van der Waals surface area contributed by atoms with Crippen molar-refractivity contribution >= 4 is 40.1 Å². The van der Waals surface area contributed by atoms with Crippen molar-refractivity contribution in [2.24, 2.45) is 0 Å². The fourth-order valence-corrected chi connectivity index (χ4v) is 6.01. The number of ketones is 1. The molecule has 218 valence electrons. The van der Waals surface area contributed by atoms with Gasteiger partial charge in [-0.15, -0.1) is 0 Å². The van der Waals surface area contributed by atoms with E-state index in [1.165, 1.54) is 17.0 Å². The van der Waals surface area contributed by atoms with Crippen molar-refractivity contribution in [2.45, 2.75) is 45.0 Å². The van der Waals surface area contributed by atoms with Gasteiger partial charge in [0.25, 0.3) is 17.6 Å². The summed E-state index contributed by atoms with van der Waals surface area (Å²) in [6.07, 6.45) is 1.37. The highest BCUT2D eigenvalue weighted by Crippen LogP contribution is 2.31. The largest absolute Gasteiger partial charge is 0.391 e. The molecule has 2 saturated heterocycles. The molecular weight excluding hydrogens is 549 g/mol. The van der Waals surface area contributed by atoms with Crippen LogP contribution in [0.1, 0.15) is 46.5 Å². The number of Topliss-reactive ketones (excluding diaryl/α,β-unsaturated/α-hetero) is 1.